The molecule has 0 spiro atoms. The van der Waals surface area contributed by atoms with Crippen molar-refractivity contribution in [3.8, 4) is 45.0 Å². The number of hydrogen-bond donors (Lipinski definition) is 0. The zero-order valence-corrected chi connectivity index (χ0v) is 36.1. The van der Waals surface area contributed by atoms with Gasteiger partial charge in [-0.1, -0.05) is 198 Å². The van der Waals surface area contributed by atoms with E-state index >= 15 is 0 Å². The first kappa shape index (κ1) is 38.5. The van der Waals surface area contributed by atoms with Gasteiger partial charge in [0.1, 0.15) is 5.82 Å². The van der Waals surface area contributed by atoms with Gasteiger partial charge in [-0.25, -0.2) is 15.0 Å². The zero-order valence-electron chi connectivity index (χ0n) is 36.1. The van der Waals surface area contributed by atoms with Crippen LogP contribution in [0.5, 0.6) is 0 Å². The second-order valence-corrected chi connectivity index (χ2v) is 18.0. The lowest BCUT2D eigenvalue weighted by molar-refractivity contribution is 0.613. The predicted molar refractivity (Wildman–Crippen MR) is 259 cm³/mol. The minimum atomic E-state index is -0.346. The lowest BCUT2D eigenvalue weighted by Gasteiger charge is -2.44. The van der Waals surface area contributed by atoms with E-state index in [0.29, 0.717) is 11.6 Å². The van der Waals surface area contributed by atoms with Crippen molar-refractivity contribution in [2.75, 3.05) is 4.90 Å². The van der Waals surface area contributed by atoms with E-state index in [1.54, 1.807) is 0 Å². The average Bonchev–Trinajstić information content (AvgIpc) is 3.43. The van der Waals surface area contributed by atoms with Crippen molar-refractivity contribution >= 4 is 17.1 Å². The van der Waals surface area contributed by atoms with Crippen LogP contribution in [0.2, 0.25) is 0 Å². The number of para-hydroxylation sites is 1. The number of fused-ring (bicyclic) bond motifs is 4. The third-order valence-electron chi connectivity index (χ3n) is 13.5. The highest BCUT2D eigenvalue weighted by Gasteiger charge is 2.42. The summed E-state index contributed by atoms with van der Waals surface area (Å²) in [5.74, 6) is 2.01. The van der Waals surface area contributed by atoms with Crippen LogP contribution in [-0.2, 0) is 17.3 Å². The molecule has 1 atom stereocenters. The molecule has 1 aliphatic carbocycles. The van der Waals surface area contributed by atoms with Crippen molar-refractivity contribution in [3.05, 3.63) is 239 Å². The van der Waals surface area contributed by atoms with Crippen LogP contribution in [0.15, 0.2) is 200 Å². The van der Waals surface area contributed by atoms with Gasteiger partial charge in [-0.2, -0.15) is 0 Å². The number of nitrogens with zero attached hydrogens (tertiary/aromatic N) is 4. The van der Waals surface area contributed by atoms with E-state index in [-0.39, 0.29) is 16.7 Å². The molecule has 304 valence electrons. The van der Waals surface area contributed by atoms with Gasteiger partial charge in [0, 0.05) is 33.6 Å². The Kier molecular flexibility index (Phi) is 9.27. The normalized spacial score (nSPS) is 15.6. The van der Waals surface area contributed by atoms with Crippen LogP contribution in [-0.4, -0.2) is 15.0 Å². The van der Waals surface area contributed by atoms with Gasteiger partial charge in [0.25, 0.3) is 0 Å². The maximum Gasteiger partial charge on any atom is 0.163 e. The van der Waals surface area contributed by atoms with Crippen molar-refractivity contribution in [2.45, 2.75) is 50.9 Å². The van der Waals surface area contributed by atoms with Crippen LogP contribution in [0.4, 0.5) is 17.1 Å². The Morgan fingerprint density at radius 2 is 0.873 bits per heavy atom. The molecular formula is C59H48N4. The molecule has 1 unspecified atom stereocenters. The summed E-state index contributed by atoms with van der Waals surface area (Å²) in [6, 6.07) is 72.3. The molecule has 2 aliphatic rings. The summed E-state index contributed by atoms with van der Waals surface area (Å²) in [7, 11) is 0. The van der Waals surface area contributed by atoms with Crippen LogP contribution >= 0.6 is 0 Å². The Bertz CT molecular complexity index is 3020. The van der Waals surface area contributed by atoms with Crippen molar-refractivity contribution in [1.82, 2.24) is 15.0 Å². The van der Waals surface area contributed by atoms with E-state index in [2.05, 4.69) is 221 Å². The van der Waals surface area contributed by atoms with Gasteiger partial charge in [-0.3, -0.25) is 0 Å². The topological polar surface area (TPSA) is 41.9 Å². The molecule has 2 heterocycles. The molecule has 0 saturated carbocycles. The zero-order chi connectivity index (χ0) is 42.7. The summed E-state index contributed by atoms with van der Waals surface area (Å²) in [5.41, 5.74) is 17.3. The first-order valence-electron chi connectivity index (χ1n) is 22.0. The molecule has 11 rings (SSSR count). The molecule has 0 radical (unpaired) electrons. The fraction of sp³-hybridized carbons (Fsp3) is 0.136. The third kappa shape index (κ3) is 6.65. The number of anilines is 3. The summed E-state index contributed by atoms with van der Waals surface area (Å²) in [5, 5.41) is 0. The standard InChI is InChI=1S/C59H48N4/c1-58(2)49-30-18-17-29-43(49)36-48(57-61-55(41-25-13-7-14-26-41)60-56(62-57)42-27-15-8-16-28-42)47-37-52-54(38-51(47)58)63(53-32-20-19-31-50(53)59(52,3)4)46-34-44(39-21-9-5-10-22-39)33-45(35-46)40-23-11-6-12-24-40/h5-35,37-38,48H,36H2,1-4H3. The molecule has 4 heteroatoms. The SMILES string of the molecule is CC1(C)c2ccccc2CC(c2nc(-c3ccccc3)nc(-c3ccccc3)n2)c2cc3c(cc21)N(c1cc(-c2ccccc2)cc(-c2ccccc2)c1)c1ccccc1C3(C)C. The lowest BCUT2D eigenvalue weighted by atomic mass is 9.69. The second kappa shape index (κ2) is 15.2. The van der Waals surface area contributed by atoms with E-state index in [4.69, 9.17) is 15.0 Å². The molecule has 1 aromatic heterocycles. The van der Waals surface area contributed by atoms with E-state index < -0.39 is 0 Å². The van der Waals surface area contributed by atoms with E-state index in [0.717, 1.165) is 29.1 Å². The molecule has 0 amide bonds. The number of rotatable bonds is 6. The molecule has 63 heavy (non-hydrogen) atoms. The molecule has 8 aromatic carbocycles. The monoisotopic (exact) mass is 812 g/mol. The van der Waals surface area contributed by atoms with E-state index in [9.17, 15) is 0 Å². The van der Waals surface area contributed by atoms with Crippen molar-refractivity contribution in [1.29, 1.82) is 0 Å². The first-order valence-corrected chi connectivity index (χ1v) is 22.0. The van der Waals surface area contributed by atoms with Crippen LogP contribution < -0.4 is 4.90 Å². The summed E-state index contributed by atoms with van der Waals surface area (Å²) in [4.78, 5) is 18.5. The van der Waals surface area contributed by atoms with Gasteiger partial charge in [-0.05, 0) is 92.4 Å². The van der Waals surface area contributed by atoms with Gasteiger partial charge >= 0.3 is 0 Å². The van der Waals surface area contributed by atoms with Crippen molar-refractivity contribution in [3.63, 3.8) is 0 Å². The molecule has 0 bridgehead atoms. The summed E-state index contributed by atoms with van der Waals surface area (Å²) >= 11 is 0. The largest absolute Gasteiger partial charge is 0.310 e. The van der Waals surface area contributed by atoms with Crippen LogP contribution in [0, 0.1) is 0 Å². The Morgan fingerprint density at radius 1 is 0.397 bits per heavy atom. The van der Waals surface area contributed by atoms with Crippen LogP contribution in [0.3, 0.4) is 0 Å². The van der Waals surface area contributed by atoms with E-state index in [1.165, 1.54) is 67.0 Å². The highest BCUT2D eigenvalue weighted by atomic mass is 15.2. The van der Waals surface area contributed by atoms with Crippen molar-refractivity contribution in [2.24, 2.45) is 0 Å². The van der Waals surface area contributed by atoms with Crippen molar-refractivity contribution < 1.29 is 0 Å². The molecule has 0 saturated heterocycles. The molecule has 0 N–H and O–H groups in total. The number of hydrogen-bond acceptors (Lipinski definition) is 4. The first-order chi connectivity index (χ1) is 30.7. The predicted octanol–water partition coefficient (Wildman–Crippen LogP) is 14.7. The Balaban J connectivity index is 1.19. The highest BCUT2D eigenvalue weighted by molar-refractivity contribution is 5.90. The highest BCUT2D eigenvalue weighted by Crippen LogP contribution is 2.56. The molecule has 0 fully saturated rings. The third-order valence-corrected chi connectivity index (χ3v) is 13.5. The quantitative estimate of drug-likeness (QED) is 0.168. The minimum absolute atomic E-state index is 0.145. The summed E-state index contributed by atoms with van der Waals surface area (Å²) in [6.07, 6.45) is 0.762. The summed E-state index contributed by atoms with van der Waals surface area (Å²) in [6.45, 7) is 9.57. The minimum Gasteiger partial charge on any atom is -0.310 e. The molecule has 1 aliphatic heterocycles. The number of benzene rings is 8. The Labute approximate surface area is 370 Å². The van der Waals surface area contributed by atoms with Gasteiger partial charge in [0.2, 0.25) is 0 Å². The number of aromatic nitrogens is 3. The van der Waals surface area contributed by atoms with Gasteiger partial charge in [0.05, 0.1) is 11.4 Å². The fourth-order valence-electron chi connectivity index (χ4n) is 10.2. The van der Waals surface area contributed by atoms with Gasteiger partial charge < -0.3 is 4.90 Å². The Morgan fingerprint density at radius 3 is 1.44 bits per heavy atom. The van der Waals surface area contributed by atoms with Crippen LogP contribution in [0.25, 0.3) is 45.0 Å². The average molecular weight is 813 g/mol. The Hall–Kier alpha value is -7.43. The van der Waals surface area contributed by atoms with E-state index in [1.807, 2.05) is 12.1 Å². The van der Waals surface area contributed by atoms with Gasteiger partial charge in [-0.15, -0.1) is 0 Å². The molecular weight excluding hydrogens is 765 g/mol. The maximum atomic E-state index is 5.41. The molecule has 9 aromatic rings. The molecule has 4 nitrogen and oxygen atoms in total. The fourth-order valence-corrected chi connectivity index (χ4v) is 10.2. The van der Waals surface area contributed by atoms with Crippen LogP contribution in [0.1, 0.15) is 72.8 Å². The summed E-state index contributed by atoms with van der Waals surface area (Å²) < 4.78 is 0. The second-order valence-electron chi connectivity index (χ2n) is 18.0. The maximum absolute atomic E-state index is 5.41. The van der Waals surface area contributed by atoms with Gasteiger partial charge in [0.15, 0.2) is 11.6 Å². The lowest BCUT2D eigenvalue weighted by Crippen LogP contribution is -2.32. The smallest absolute Gasteiger partial charge is 0.163 e.